The van der Waals surface area contributed by atoms with Crippen molar-refractivity contribution in [3.63, 3.8) is 0 Å². The predicted octanol–water partition coefficient (Wildman–Crippen LogP) is 1.33. The van der Waals surface area contributed by atoms with Crippen LogP contribution >= 0.6 is 0 Å². The second-order valence-corrected chi connectivity index (χ2v) is 6.63. The second kappa shape index (κ2) is 12.6. The van der Waals surface area contributed by atoms with Gasteiger partial charge in [0.15, 0.2) is 0 Å². The van der Waals surface area contributed by atoms with E-state index in [4.69, 9.17) is 14.2 Å². The van der Waals surface area contributed by atoms with E-state index in [1.165, 1.54) is 4.90 Å². The number of methoxy groups -OCH3 is 2. The average molecular weight is 375 g/mol. The summed E-state index contributed by atoms with van der Waals surface area (Å²) in [5.74, 6) is 0. The molecule has 2 rings (SSSR count). The van der Waals surface area contributed by atoms with Crippen LogP contribution in [0.4, 0.5) is 0 Å². The molecular weight excluding hydrogens is 342 g/mol. The van der Waals surface area contributed by atoms with E-state index < -0.39 is 6.10 Å². The van der Waals surface area contributed by atoms with Crippen LogP contribution < -0.4 is 4.90 Å². The molecule has 148 valence electrons. The Morgan fingerprint density at radius 3 is 1.74 bits per heavy atom. The third kappa shape index (κ3) is 7.79. The molecule has 5 nitrogen and oxygen atoms in total. The van der Waals surface area contributed by atoms with Crippen LogP contribution in [-0.2, 0) is 14.2 Å². The van der Waals surface area contributed by atoms with Crippen LogP contribution in [0.15, 0.2) is 60.7 Å². The van der Waals surface area contributed by atoms with E-state index in [1.54, 1.807) is 14.2 Å². The van der Waals surface area contributed by atoms with Crippen LogP contribution in [0.3, 0.4) is 0 Å². The molecule has 5 heteroatoms. The van der Waals surface area contributed by atoms with Gasteiger partial charge in [0.05, 0.1) is 19.8 Å². The van der Waals surface area contributed by atoms with Gasteiger partial charge in [-0.2, -0.15) is 0 Å². The molecule has 0 bridgehead atoms. The predicted molar refractivity (Wildman–Crippen MR) is 106 cm³/mol. The molecule has 0 fully saturated rings. The van der Waals surface area contributed by atoms with Gasteiger partial charge in [-0.3, -0.25) is 0 Å². The molecule has 0 saturated carbocycles. The number of rotatable bonds is 13. The Kier molecular flexibility index (Phi) is 10.0. The number of aliphatic hydroxyl groups excluding tert-OH is 1. The van der Waals surface area contributed by atoms with E-state index in [0.717, 1.165) is 24.2 Å². The summed E-state index contributed by atoms with van der Waals surface area (Å²) in [5.41, 5.74) is 2.16. The quantitative estimate of drug-likeness (QED) is 0.555. The molecule has 0 amide bonds. The normalized spacial score (nSPS) is 12.6. The minimum atomic E-state index is -0.552. The van der Waals surface area contributed by atoms with E-state index in [0.29, 0.717) is 19.8 Å². The largest absolute Gasteiger partial charge is 0.385 e. The van der Waals surface area contributed by atoms with E-state index in [9.17, 15) is 5.11 Å². The molecule has 2 aromatic carbocycles. The summed E-state index contributed by atoms with van der Waals surface area (Å²) < 4.78 is 16.5. The van der Waals surface area contributed by atoms with Crippen molar-refractivity contribution < 1.29 is 24.2 Å². The Hall–Kier alpha value is -1.76. The lowest BCUT2D eigenvalue weighted by Gasteiger charge is -2.24. The molecule has 2 N–H and O–H groups in total. The summed E-state index contributed by atoms with van der Waals surface area (Å²) in [5, 5.41) is 10.5. The summed E-state index contributed by atoms with van der Waals surface area (Å²) >= 11 is 0. The molecule has 0 aromatic heterocycles. The van der Waals surface area contributed by atoms with Crippen molar-refractivity contribution in [1.82, 2.24) is 0 Å². The first kappa shape index (κ1) is 21.5. The lowest BCUT2D eigenvalue weighted by molar-refractivity contribution is -0.904. The van der Waals surface area contributed by atoms with Crippen LogP contribution in [0, 0.1) is 0 Å². The third-order valence-corrected chi connectivity index (χ3v) is 4.50. The summed E-state index contributed by atoms with van der Waals surface area (Å²) in [4.78, 5) is 1.24. The van der Waals surface area contributed by atoms with E-state index in [-0.39, 0.29) is 12.7 Å². The Balaban J connectivity index is 1.97. The zero-order valence-corrected chi connectivity index (χ0v) is 16.3. The number of quaternary nitrogens is 1. The van der Waals surface area contributed by atoms with Gasteiger partial charge in [0, 0.05) is 14.2 Å². The summed E-state index contributed by atoms with van der Waals surface area (Å²) in [6.45, 7) is 3.85. The topological polar surface area (TPSA) is 52.4 Å². The molecule has 0 unspecified atom stereocenters. The van der Waals surface area contributed by atoms with E-state index >= 15 is 0 Å². The highest BCUT2D eigenvalue weighted by atomic mass is 16.5. The van der Waals surface area contributed by atoms with Crippen LogP contribution in [0.25, 0.3) is 0 Å². The SMILES string of the molecule is COCC[NH+](CCOC)C[C@@H](O)COC(c1ccccc1)c1ccccc1. The number of aliphatic hydroxyl groups is 1. The summed E-state index contributed by atoms with van der Waals surface area (Å²) in [6, 6.07) is 20.2. The fourth-order valence-corrected chi connectivity index (χ4v) is 3.06. The number of hydrogen-bond acceptors (Lipinski definition) is 4. The first-order chi connectivity index (χ1) is 13.2. The molecular formula is C22H32NO4+. The first-order valence-corrected chi connectivity index (χ1v) is 9.45. The third-order valence-electron chi connectivity index (χ3n) is 4.50. The van der Waals surface area contributed by atoms with Crippen LogP contribution in [0.1, 0.15) is 17.2 Å². The molecule has 0 aliphatic heterocycles. The van der Waals surface area contributed by atoms with Gasteiger partial charge in [-0.15, -0.1) is 0 Å². The first-order valence-electron chi connectivity index (χ1n) is 9.45. The van der Waals surface area contributed by atoms with Crippen molar-refractivity contribution in [2.24, 2.45) is 0 Å². The number of ether oxygens (including phenoxy) is 3. The minimum absolute atomic E-state index is 0.191. The van der Waals surface area contributed by atoms with Gasteiger partial charge in [0.2, 0.25) is 0 Å². The molecule has 0 heterocycles. The smallest absolute Gasteiger partial charge is 0.126 e. The number of nitrogens with one attached hydrogen (secondary N) is 1. The average Bonchev–Trinajstić information content (AvgIpc) is 2.71. The van der Waals surface area contributed by atoms with Gasteiger partial charge >= 0.3 is 0 Å². The van der Waals surface area contributed by atoms with Crippen molar-refractivity contribution in [2.45, 2.75) is 12.2 Å². The van der Waals surface area contributed by atoms with Gasteiger partial charge in [0.25, 0.3) is 0 Å². The highest BCUT2D eigenvalue weighted by Crippen LogP contribution is 2.25. The highest BCUT2D eigenvalue weighted by Gasteiger charge is 2.19. The maximum atomic E-state index is 10.5. The van der Waals surface area contributed by atoms with Crippen molar-refractivity contribution >= 4 is 0 Å². The molecule has 0 spiro atoms. The maximum absolute atomic E-state index is 10.5. The molecule has 1 atom stereocenters. The molecule has 0 aliphatic rings. The van der Waals surface area contributed by atoms with Crippen LogP contribution in [0.5, 0.6) is 0 Å². The standard InChI is InChI=1S/C22H31NO4/c1-25-15-13-23(14-16-26-2)17-21(24)18-27-22(19-9-5-3-6-10-19)20-11-7-4-8-12-20/h3-12,21-22,24H,13-18H2,1-2H3/p+1/t21-/m1/s1. The number of hydrogen-bond donors (Lipinski definition) is 2. The van der Waals surface area contributed by atoms with Gasteiger partial charge in [-0.05, 0) is 11.1 Å². The molecule has 27 heavy (non-hydrogen) atoms. The van der Waals surface area contributed by atoms with Gasteiger partial charge in [-0.25, -0.2) is 0 Å². The lowest BCUT2D eigenvalue weighted by atomic mass is 10.0. The Labute approximate surface area is 162 Å². The molecule has 0 aliphatic carbocycles. The zero-order chi connectivity index (χ0) is 19.3. The van der Waals surface area contributed by atoms with Crippen LogP contribution in [0.2, 0.25) is 0 Å². The fraction of sp³-hybridized carbons (Fsp3) is 0.455. The summed E-state index contributed by atoms with van der Waals surface area (Å²) in [6.07, 6.45) is -0.743. The van der Waals surface area contributed by atoms with Crippen molar-refractivity contribution in [3.8, 4) is 0 Å². The van der Waals surface area contributed by atoms with E-state index in [2.05, 4.69) is 24.3 Å². The van der Waals surface area contributed by atoms with Gasteiger partial charge in [-0.1, -0.05) is 60.7 Å². The van der Waals surface area contributed by atoms with Crippen molar-refractivity contribution in [3.05, 3.63) is 71.8 Å². The van der Waals surface area contributed by atoms with Crippen LogP contribution in [-0.4, -0.2) is 64.9 Å². The lowest BCUT2D eigenvalue weighted by Crippen LogP contribution is -3.14. The molecule has 0 radical (unpaired) electrons. The second-order valence-electron chi connectivity index (χ2n) is 6.63. The highest BCUT2D eigenvalue weighted by molar-refractivity contribution is 5.29. The zero-order valence-electron chi connectivity index (χ0n) is 16.3. The molecule has 0 saturated heterocycles. The van der Waals surface area contributed by atoms with Crippen molar-refractivity contribution in [2.75, 3.05) is 53.7 Å². The molecule has 2 aromatic rings. The summed E-state index contributed by atoms with van der Waals surface area (Å²) in [7, 11) is 3.38. The Morgan fingerprint density at radius 1 is 0.815 bits per heavy atom. The van der Waals surface area contributed by atoms with Gasteiger partial charge < -0.3 is 24.2 Å². The fourth-order valence-electron chi connectivity index (χ4n) is 3.06. The Morgan fingerprint density at radius 2 is 1.30 bits per heavy atom. The maximum Gasteiger partial charge on any atom is 0.126 e. The minimum Gasteiger partial charge on any atom is -0.385 e. The monoisotopic (exact) mass is 374 g/mol. The van der Waals surface area contributed by atoms with Gasteiger partial charge in [0.1, 0.15) is 31.8 Å². The van der Waals surface area contributed by atoms with E-state index in [1.807, 2.05) is 36.4 Å². The Bertz CT molecular complexity index is 561. The van der Waals surface area contributed by atoms with Crippen molar-refractivity contribution in [1.29, 1.82) is 0 Å². The number of benzene rings is 2.